The quantitative estimate of drug-likeness (QED) is 0.802. The van der Waals surface area contributed by atoms with Crippen molar-refractivity contribution < 1.29 is 23.7 Å². The summed E-state index contributed by atoms with van der Waals surface area (Å²) >= 11 is 0. The Morgan fingerprint density at radius 3 is 2.89 bits per heavy atom. The number of aryl methyl sites for hydroxylation is 1. The fourth-order valence-corrected chi connectivity index (χ4v) is 2.09. The molecule has 1 aliphatic rings. The number of fused-ring (bicyclic) bond motifs is 1. The first-order valence-corrected chi connectivity index (χ1v) is 7.05. The van der Waals surface area contributed by atoms with E-state index >= 15 is 0 Å². The lowest BCUT2D eigenvalue weighted by Gasteiger charge is -2.27. The fourth-order valence-electron chi connectivity index (χ4n) is 1.82. The Bertz CT molecular complexity index is 568. The van der Waals surface area contributed by atoms with Crippen LogP contribution in [0.15, 0.2) is 18.8 Å². The van der Waals surface area contributed by atoms with Gasteiger partial charge in [0.25, 0.3) is 0 Å². The van der Waals surface area contributed by atoms with Gasteiger partial charge in [0.05, 0.1) is 0 Å². The summed E-state index contributed by atoms with van der Waals surface area (Å²) in [6, 6.07) is 1.84. The molecule has 0 spiro atoms. The number of hydrogen-bond acceptors (Lipinski definition) is 4. The Labute approximate surface area is 109 Å². The number of carbonyl (C=O) groups is 1. The summed E-state index contributed by atoms with van der Waals surface area (Å²) in [5, 5.41) is 0. The van der Waals surface area contributed by atoms with Gasteiger partial charge in [0.15, 0.2) is 0 Å². The molecule has 0 aliphatic carbocycles. The lowest BCUT2D eigenvalue weighted by molar-refractivity contribution is -0.119. The van der Waals surface area contributed by atoms with Gasteiger partial charge in [-0.15, -0.1) is 0 Å². The predicted molar refractivity (Wildman–Crippen MR) is 68.1 cm³/mol. The van der Waals surface area contributed by atoms with Gasteiger partial charge in [-0.3, -0.25) is 14.2 Å². The number of hydrogen-bond donors (Lipinski definition) is 2. The van der Waals surface area contributed by atoms with Crippen LogP contribution in [0, 0.1) is 0 Å². The lowest BCUT2D eigenvalue weighted by Crippen LogP contribution is -2.37. The van der Waals surface area contributed by atoms with Crippen LogP contribution in [-0.2, 0) is 20.3 Å². The van der Waals surface area contributed by atoms with Crippen molar-refractivity contribution in [2.45, 2.75) is 12.8 Å². The van der Waals surface area contributed by atoms with E-state index in [4.69, 9.17) is 9.79 Å². The lowest BCUT2D eigenvalue weighted by atomic mass is 10.0. The first-order valence-electron chi connectivity index (χ1n) is 5.52. The van der Waals surface area contributed by atoms with Gasteiger partial charge < -0.3 is 9.79 Å². The molecule has 2 rings (SSSR count). The van der Waals surface area contributed by atoms with Crippen LogP contribution in [0.2, 0.25) is 0 Å². The molecule has 8 heteroatoms. The molecule has 1 aromatic heterocycles. The second-order valence-electron chi connectivity index (χ2n) is 4.03. The van der Waals surface area contributed by atoms with Crippen LogP contribution in [0.3, 0.4) is 0 Å². The van der Waals surface area contributed by atoms with E-state index in [0.29, 0.717) is 12.2 Å². The third kappa shape index (κ3) is 3.27. The number of amides is 1. The maximum atomic E-state index is 11.8. The molecule has 0 aromatic carbocycles. The molecule has 19 heavy (non-hydrogen) atoms. The van der Waals surface area contributed by atoms with Crippen molar-refractivity contribution in [3.63, 3.8) is 0 Å². The number of carbonyl (C=O) groups excluding carboxylic acids is 1. The minimum absolute atomic E-state index is 0.250. The Balaban J connectivity index is 2.28. The third-order valence-corrected chi connectivity index (χ3v) is 3.17. The van der Waals surface area contributed by atoms with Crippen LogP contribution >= 0.6 is 7.82 Å². The molecule has 2 heterocycles. The van der Waals surface area contributed by atoms with Gasteiger partial charge in [-0.05, 0) is 23.6 Å². The summed E-state index contributed by atoms with van der Waals surface area (Å²) in [6.45, 7) is 3.12. The van der Waals surface area contributed by atoms with E-state index in [1.165, 1.54) is 6.20 Å². The number of pyridine rings is 1. The van der Waals surface area contributed by atoms with Gasteiger partial charge in [0.2, 0.25) is 5.91 Å². The van der Waals surface area contributed by atoms with Gasteiger partial charge in [0.1, 0.15) is 12.5 Å². The molecule has 0 saturated heterocycles. The number of phosphoric acid groups is 1. The molecule has 0 atom stereocenters. The first-order chi connectivity index (χ1) is 8.90. The number of aromatic nitrogens is 1. The van der Waals surface area contributed by atoms with Gasteiger partial charge in [-0.25, -0.2) is 9.55 Å². The largest absolute Gasteiger partial charge is 0.471 e. The highest BCUT2D eigenvalue weighted by molar-refractivity contribution is 7.46. The Kier molecular flexibility index (Phi) is 3.82. The zero-order valence-electron chi connectivity index (χ0n) is 10.0. The second-order valence-corrected chi connectivity index (χ2v) is 5.27. The van der Waals surface area contributed by atoms with Gasteiger partial charge in [0, 0.05) is 12.6 Å². The van der Waals surface area contributed by atoms with Crippen LogP contribution in [0.4, 0.5) is 5.82 Å². The smallest absolute Gasteiger partial charge is 0.303 e. The third-order valence-electron chi connectivity index (χ3n) is 2.72. The molecule has 0 bridgehead atoms. The van der Waals surface area contributed by atoms with Gasteiger partial charge in [-0.1, -0.05) is 12.7 Å². The molecule has 0 fully saturated rings. The SMILES string of the molecule is C=Cc1cnc2c(c1)CCC(=O)N2COP(=O)(O)O. The summed E-state index contributed by atoms with van der Waals surface area (Å²) in [5.41, 5.74) is 1.65. The maximum absolute atomic E-state index is 11.8. The molecule has 102 valence electrons. The highest BCUT2D eigenvalue weighted by atomic mass is 31.2. The molecule has 0 unspecified atom stereocenters. The zero-order valence-corrected chi connectivity index (χ0v) is 10.9. The maximum Gasteiger partial charge on any atom is 0.471 e. The molecule has 1 aliphatic heterocycles. The minimum Gasteiger partial charge on any atom is -0.303 e. The van der Waals surface area contributed by atoms with Gasteiger partial charge in [-0.2, -0.15) is 0 Å². The average Bonchev–Trinajstić information content (AvgIpc) is 2.36. The predicted octanol–water partition coefficient (Wildman–Crippen LogP) is 1.07. The first kappa shape index (κ1) is 13.9. The Morgan fingerprint density at radius 2 is 2.26 bits per heavy atom. The van der Waals surface area contributed by atoms with Crippen molar-refractivity contribution in [2.24, 2.45) is 0 Å². The monoisotopic (exact) mass is 284 g/mol. The van der Waals surface area contributed by atoms with Crippen LogP contribution in [-0.4, -0.2) is 27.4 Å². The van der Waals surface area contributed by atoms with Crippen molar-refractivity contribution >= 4 is 25.6 Å². The van der Waals surface area contributed by atoms with E-state index in [0.717, 1.165) is 16.0 Å². The van der Waals surface area contributed by atoms with E-state index in [1.54, 1.807) is 6.08 Å². The summed E-state index contributed by atoms with van der Waals surface area (Å²) in [7, 11) is -4.62. The summed E-state index contributed by atoms with van der Waals surface area (Å²) < 4.78 is 15.1. The number of anilines is 1. The van der Waals surface area contributed by atoms with E-state index in [1.807, 2.05) is 6.07 Å². The highest BCUT2D eigenvalue weighted by Crippen LogP contribution is 2.37. The molecule has 1 aromatic rings. The second kappa shape index (κ2) is 5.22. The van der Waals surface area contributed by atoms with Crippen LogP contribution in [0.25, 0.3) is 6.08 Å². The Hall–Kier alpha value is -1.53. The molecular formula is C11H13N2O5P. The van der Waals surface area contributed by atoms with Crippen LogP contribution in [0.5, 0.6) is 0 Å². The van der Waals surface area contributed by atoms with Crippen molar-refractivity contribution in [3.8, 4) is 0 Å². The van der Waals surface area contributed by atoms with E-state index in [-0.39, 0.29) is 12.3 Å². The van der Waals surface area contributed by atoms with Crippen molar-refractivity contribution in [2.75, 3.05) is 11.6 Å². The zero-order chi connectivity index (χ0) is 14.0. The van der Waals surface area contributed by atoms with Crippen LogP contribution in [0.1, 0.15) is 17.5 Å². The number of phosphoric ester groups is 1. The van der Waals surface area contributed by atoms with Crippen molar-refractivity contribution in [1.82, 2.24) is 4.98 Å². The highest BCUT2D eigenvalue weighted by Gasteiger charge is 2.28. The summed E-state index contributed by atoms with van der Waals surface area (Å²) in [5.74, 6) is 0.0927. The number of rotatable bonds is 4. The van der Waals surface area contributed by atoms with Crippen molar-refractivity contribution in [1.29, 1.82) is 0 Å². The molecule has 1 amide bonds. The molecule has 0 saturated carbocycles. The average molecular weight is 284 g/mol. The summed E-state index contributed by atoms with van der Waals surface area (Å²) in [6.07, 6.45) is 3.96. The summed E-state index contributed by atoms with van der Waals surface area (Å²) in [4.78, 5) is 34.4. The topological polar surface area (TPSA) is 100.0 Å². The Morgan fingerprint density at radius 1 is 1.53 bits per heavy atom. The van der Waals surface area contributed by atoms with E-state index < -0.39 is 14.6 Å². The van der Waals surface area contributed by atoms with E-state index in [9.17, 15) is 9.36 Å². The minimum atomic E-state index is -4.62. The normalized spacial score (nSPS) is 15.3. The molecule has 2 N–H and O–H groups in total. The molecule has 0 radical (unpaired) electrons. The standard InChI is InChI=1S/C11H13N2O5P/c1-2-8-5-9-3-4-10(14)13(11(9)12-6-8)7-18-19(15,16)17/h2,5-6H,1,3-4,7H2,(H2,15,16,17). The van der Waals surface area contributed by atoms with Crippen LogP contribution < -0.4 is 4.90 Å². The van der Waals surface area contributed by atoms with Gasteiger partial charge >= 0.3 is 7.82 Å². The fraction of sp³-hybridized carbons (Fsp3) is 0.273. The number of nitrogens with zero attached hydrogens (tertiary/aromatic N) is 2. The molecule has 7 nitrogen and oxygen atoms in total. The molecular weight excluding hydrogens is 271 g/mol. The van der Waals surface area contributed by atoms with E-state index in [2.05, 4.69) is 16.1 Å². The van der Waals surface area contributed by atoms with Crippen molar-refractivity contribution in [3.05, 3.63) is 30.0 Å².